The lowest BCUT2D eigenvalue weighted by molar-refractivity contribution is -0.130. The standard InChI is InChI=1S/C17H22N4O3/c1-11-4-6-16(19-18-11)23-14-8-9-21(10-14)17(22)7-5-15-12(2)20-24-13(15)3/h4,6,14H,5,7-10H2,1-3H3/t14-/m0/s1. The summed E-state index contributed by atoms with van der Waals surface area (Å²) >= 11 is 0. The number of ether oxygens (including phenoxy) is 1. The van der Waals surface area contributed by atoms with Crippen LogP contribution in [0.5, 0.6) is 5.88 Å². The van der Waals surface area contributed by atoms with Crippen LogP contribution in [-0.4, -0.2) is 45.4 Å². The van der Waals surface area contributed by atoms with Crippen molar-refractivity contribution in [3.8, 4) is 5.88 Å². The zero-order chi connectivity index (χ0) is 17.1. The van der Waals surface area contributed by atoms with Gasteiger partial charge in [0.1, 0.15) is 11.9 Å². The minimum absolute atomic E-state index is 0.0231. The molecule has 3 heterocycles. The molecule has 3 rings (SSSR count). The average molecular weight is 330 g/mol. The Morgan fingerprint density at radius 1 is 1.33 bits per heavy atom. The van der Waals surface area contributed by atoms with Crippen molar-refractivity contribution < 1.29 is 14.1 Å². The summed E-state index contributed by atoms with van der Waals surface area (Å²) in [5.41, 5.74) is 2.75. The normalized spacial score (nSPS) is 17.3. The van der Waals surface area contributed by atoms with Crippen LogP contribution in [0.2, 0.25) is 0 Å². The van der Waals surface area contributed by atoms with Crippen LogP contribution in [0.3, 0.4) is 0 Å². The molecule has 0 radical (unpaired) electrons. The zero-order valence-electron chi connectivity index (χ0n) is 14.3. The summed E-state index contributed by atoms with van der Waals surface area (Å²) in [6.45, 7) is 6.97. The number of carbonyl (C=O) groups excluding carboxylic acids is 1. The van der Waals surface area contributed by atoms with Crippen LogP contribution in [0.15, 0.2) is 16.7 Å². The van der Waals surface area contributed by atoms with E-state index in [1.165, 1.54) is 0 Å². The first-order valence-corrected chi connectivity index (χ1v) is 8.19. The van der Waals surface area contributed by atoms with Gasteiger partial charge in [-0.2, -0.15) is 5.10 Å². The van der Waals surface area contributed by atoms with E-state index in [1.807, 2.05) is 37.8 Å². The lowest BCUT2D eigenvalue weighted by Gasteiger charge is -2.16. The van der Waals surface area contributed by atoms with Crippen molar-refractivity contribution in [2.24, 2.45) is 0 Å². The number of aromatic nitrogens is 3. The van der Waals surface area contributed by atoms with Crippen molar-refractivity contribution in [3.05, 3.63) is 34.8 Å². The molecule has 0 aromatic carbocycles. The van der Waals surface area contributed by atoms with Crippen LogP contribution in [0.25, 0.3) is 0 Å². The molecule has 128 valence electrons. The highest BCUT2D eigenvalue weighted by Crippen LogP contribution is 2.19. The van der Waals surface area contributed by atoms with Crippen LogP contribution in [-0.2, 0) is 11.2 Å². The molecule has 1 aliphatic heterocycles. The van der Waals surface area contributed by atoms with Crippen LogP contribution in [0.4, 0.5) is 0 Å². The number of nitrogens with zero attached hydrogens (tertiary/aromatic N) is 4. The fourth-order valence-electron chi connectivity index (χ4n) is 2.92. The van der Waals surface area contributed by atoms with Crippen LogP contribution in [0, 0.1) is 20.8 Å². The largest absolute Gasteiger partial charge is 0.471 e. The monoisotopic (exact) mass is 330 g/mol. The van der Waals surface area contributed by atoms with Gasteiger partial charge < -0.3 is 14.2 Å². The van der Waals surface area contributed by atoms with E-state index < -0.39 is 0 Å². The Bertz CT molecular complexity index is 692. The number of carbonyl (C=O) groups is 1. The molecule has 0 aliphatic carbocycles. The van der Waals surface area contributed by atoms with E-state index in [-0.39, 0.29) is 12.0 Å². The summed E-state index contributed by atoms with van der Waals surface area (Å²) < 4.78 is 10.9. The molecular weight excluding hydrogens is 308 g/mol. The van der Waals surface area contributed by atoms with Gasteiger partial charge in [-0.05, 0) is 33.3 Å². The van der Waals surface area contributed by atoms with Gasteiger partial charge in [0.25, 0.3) is 0 Å². The second kappa shape index (κ2) is 6.98. The molecule has 1 atom stereocenters. The van der Waals surface area contributed by atoms with Crippen LogP contribution in [0.1, 0.15) is 35.6 Å². The van der Waals surface area contributed by atoms with E-state index in [4.69, 9.17) is 9.26 Å². The highest BCUT2D eigenvalue weighted by atomic mass is 16.5. The molecule has 24 heavy (non-hydrogen) atoms. The van der Waals surface area contributed by atoms with Crippen molar-refractivity contribution in [2.45, 2.75) is 46.1 Å². The molecule has 1 aliphatic rings. The Labute approximate surface area is 141 Å². The summed E-state index contributed by atoms with van der Waals surface area (Å²) in [6.07, 6.45) is 1.91. The van der Waals surface area contributed by atoms with Crippen LogP contribution >= 0.6 is 0 Å². The third-order valence-corrected chi connectivity index (χ3v) is 4.33. The molecule has 0 unspecified atom stereocenters. The van der Waals surface area contributed by atoms with Crippen LogP contribution < -0.4 is 4.74 Å². The smallest absolute Gasteiger partial charge is 0.233 e. The predicted molar refractivity (Wildman–Crippen MR) is 86.7 cm³/mol. The molecule has 0 bridgehead atoms. The molecule has 2 aromatic heterocycles. The zero-order valence-corrected chi connectivity index (χ0v) is 14.3. The molecule has 0 saturated carbocycles. The lowest BCUT2D eigenvalue weighted by atomic mass is 10.1. The fourth-order valence-corrected chi connectivity index (χ4v) is 2.92. The average Bonchev–Trinajstić information content (AvgIpc) is 3.15. The van der Waals surface area contributed by atoms with Gasteiger partial charge in [-0.3, -0.25) is 4.79 Å². The lowest BCUT2D eigenvalue weighted by Crippen LogP contribution is -2.31. The predicted octanol–water partition coefficient (Wildman–Crippen LogP) is 2.00. The number of amides is 1. The first kappa shape index (κ1) is 16.4. The summed E-state index contributed by atoms with van der Waals surface area (Å²) in [4.78, 5) is 14.2. The third-order valence-electron chi connectivity index (χ3n) is 4.33. The SMILES string of the molecule is Cc1ccc(O[C@H]2CCN(C(=O)CCc3c(C)noc3C)C2)nn1. The van der Waals surface area contributed by atoms with E-state index in [0.29, 0.717) is 31.8 Å². The van der Waals surface area contributed by atoms with Crippen molar-refractivity contribution in [2.75, 3.05) is 13.1 Å². The molecule has 7 heteroatoms. The molecule has 1 amide bonds. The maximum Gasteiger partial charge on any atom is 0.233 e. The maximum absolute atomic E-state index is 12.4. The third kappa shape index (κ3) is 3.72. The summed E-state index contributed by atoms with van der Waals surface area (Å²) in [5, 5.41) is 11.9. The van der Waals surface area contributed by atoms with Gasteiger partial charge in [0.15, 0.2) is 0 Å². The van der Waals surface area contributed by atoms with Crippen molar-refractivity contribution >= 4 is 5.91 Å². The van der Waals surface area contributed by atoms with Gasteiger partial charge in [-0.1, -0.05) is 5.16 Å². The van der Waals surface area contributed by atoms with E-state index in [1.54, 1.807) is 0 Å². The van der Waals surface area contributed by atoms with Gasteiger partial charge in [0, 0.05) is 31.0 Å². The minimum Gasteiger partial charge on any atom is -0.471 e. The molecular formula is C17H22N4O3. The Balaban J connectivity index is 1.49. The number of hydrogen-bond acceptors (Lipinski definition) is 6. The topological polar surface area (TPSA) is 81.4 Å². The van der Waals surface area contributed by atoms with Gasteiger partial charge in [-0.15, -0.1) is 5.10 Å². The molecule has 0 N–H and O–H groups in total. The highest BCUT2D eigenvalue weighted by Gasteiger charge is 2.28. The summed E-state index contributed by atoms with van der Waals surface area (Å²) in [7, 11) is 0. The number of aryl methyl sites for hydroxylation is 3. The molecule has 2 aromatic rings. The van der Waals surface area contributed by atoms with E-state index in [9.17, 15) is 4.79 Å². The Morgan fingerprint density at radius 2 is 2.17 bits per heavy atom. The van der Waals surface area contributed by atoms with Gasteiger partial charge in [0.2, 0.25) is 11.8 Å². The molecule has 1 saturated heterocycles. The minimum atomic E-state index is -0.0231. The number of likely N-dealkylation sites (tertiary alicyclic amines) is 1. The van der Waals surface area contributed by atoms with E-state index in [2.05, 4.69) is 15.4 Å². The quantitative estimate of drug-likeness (QED) is 0.834. The Hall–Kier alpha value is -2.44. The van der Waals surface area contributed by atoms with Crippen molar-refractivity contribution in [1.82, 2.24) is 20.3 Å². The number of hydrogen-bond donors (Lipinski definition) is 0. The molecule has 0 spiro atoms. The van der Waals surface area contributed by atoms with Crippen molar-refractivity contribution in [3.63, 3.8) is 0 Å². The molecule has 7 nitrogen and oxygen atoms in total. The second-order valence-corrected chi connectivity index (χ2v) is 6.18. The highest BCUT2D eigenvalue weighted by molar-refractivity contribution is 5.76. The fraction of sp³-hybridized carbons (Fsp3) is 0.529. The van der Waals surface area contributed by atoms with E-state index in [0.717, 1.165) is 29.1 Å². The Morgan fingerprint density at radius 3 is 2.83 bits per heavy atom. The summed E-state index contributed by atoms with van der Waals surface area (Å²) in [6, 6.07) is 3.67. The second-order valence-electron chi connectivity index (χ2n) is 6.18. The van der Waals surface area contributed by atoms with Gasteiger partial charge in [0.05, 0.1) is 17.9 Å². The maximum atomic E-state index is 12.4. The molecule has 1 fully saturated rings. The Kier molecular flexibility index (Phi) is 4.78. The first-order chi connectivity index (χ1) is 11.5. The van der Waals surface area contributed by atoms with Crippen molar-refractivity contribution in [1.29, 1.82) is 0 Å². The van der Waals surface area contributed by atoms with Gasteiger partial charge in [-0.25, -0.2) is 0 Å². The van der Waals surface area contributed by atoms with Gasteiger partial charge >= 0.3 is 0 Å². The number of rotatable bonds is 5. The van der Waals surface area contributed by atoms with E-state index >= 15 is 0 Å². The first-order valence-electron chi connectivity index (χ1n) is 8.19. The summed E-state index contributed by atoms with van der Waals surface area (Å²) in [5.74, 6) is 1.44.